The minimum absolute atomic E-state index is 0.0474. The van der Waals surface area contributed by atoms with Crippen molar-refractivity contribution in [1.82, 2.24) is 0 Å². The first kappa shape index (κ1) is 12.2. The second-order valence-electron chi connectivity index (χ2n) is 4.82. The summed E-state index contributed by atoms with van der Waals surface area (Å²) in [6, 6.07) is 8.25. The number of ether oxygens (including phenoxy) is 2. The maximum absolute atomic E-state index is 5.84. The smallest absolute Gasteiger partial charge is 0.123 e. The SMILES string of the molecule is C=CCCCc1ccccc1OCC1(C)CO1. The zero-order chi connectivity index (χ0) is 12.1. The fourth-order valence-corrected chi connectivity index (χ4v) is 1.72. The average molecular weight is 232 g/mol. The molecule has 1 saturated heterocycles. The van der Waals surface area contributed by atoms with Gasteiger partial charge in [-0.05, 0) is 37.8 Å². The van der Waals surface area contributed by atoms with Gasteiger partial charge in [-0.3, -0.25) is 0 Å². The van der Waals surface area contributed by atoms with E-state index in [1.54, 1.807) is 0 Å². The van der Waals surface area contributed by atoms with Gasteiger partial charge in [-0.1, -0.05) is 24.3 Å². The Hall–Kier alpha value is -1.28. The molecule has 1 fully saturated rings. The van der Waals surface area contributed by atoms with Crippen LogP contribution in [0.3, 0.4) is 0 Å². The van der Waals surface area contributed by atoms with Gasteiger partial charge in [0.1, 0.15) is 18.0 Å². The van der Waals surface area contributed by atoms with Crippen LogP contribution in [-0.4, -0.2) is 18.8 Å². The van der Waals surface area contributed by atoms with E-state index in [-0.39, 0.29) is 5.60 Å². The van der Waals surface area contributed by atoms with Gasteiger partial charge in [-0.2, -0.15) is 0 Å². The molecule has 1 aromatic carbocycles. The Morgan fingerprint density at radius 3 is 2.94 bits per heavy atom. The summed E-state index contributed by atoms with van der Waals surface area (Å²) in [7, 11) is 0. The van der Waals surface area contributed by atoms with Crippen LogP contribution in [0.25, 0.3) is 0 Å². The highest BCUT2D eigenvalue weighted by Gasteiger charge is 2.40. The largest absolute Gasteiger partial charge is 0.490 e. The van der Waals surface area contributed by atoms with E-state index in [2.05, 4.69) is 25.6 Å². The standard InChI is InChI=1S/C15H20O2/c1-3-4-5-8-13-9-6-7-10-14(13)16-11-15(2)12-17-15/h3,6-7,9-10H,1,4-5,8,11-12H2,2H3. The van der Waals surface area contributed by atoms with E-state index in [0.29, 0.717) is 6.61 Å². The molecule has 0 radical (unpaired) electrons. The number of hydrogen-bond acceptors (Lipinski definition) is 2. The summed E-state index contributed by atoms with van der Waals surface area (Å²) in [6.07, 6.45) is 5.18. The summed E-state index contributed by atoms with van der Waals surface area (Å²) >= 11 is 0. The van der Waals surface area contributed by atoms with Crippen LogP contribution in [0.15, 0.2) is 36.9 Å². The average Bonchev–Trinajstić information content (AvgIpc) is 3.07. The first-order valence-corrected chi connectivity index (χ1v) is 6.19. The van der Waals surface area contributed by atoms with E-state index in [0.717, 1.165) is 31.6 Å². The van der Waals surface area contributed by atoms with Gasteiger partial charge in [0.05, 0.1) is 6.61 Å². The van der Waals surface area contributed by atoms with Gasteiger partial charge < -0.3 is 9.47 Å². The predicted molar refractivity (Wildman–Crippen MR) is 69.4 cm³/mol. The van der Waals surface area contributed by atoms with Crippen LogP contribution in [0, 0.1) is 0 Å². The number of para-hydroxylation sites is 1. The summed E-state index contributed by atoms with van der Waals surface area (Å²) in [5.41, 5.74) is 1.23. The highest BCUT2D eigenvalue weighted by Crippen LogP contribution is 2.28. The first-order valence-electron chi connectivity index (χ1n) is 6.19. The highest BCUT2D eigenvalue weighted by atomic mass is 16.6. The van der Waals surface area contributed by atoms with Crippen molar-refractivity contribution >= 4 is 0 Å². The minimum atomic E-state index is -0.0474. The van der Waals surface area contributed by atoms with Crippen molar-refractivity contribution in [3.8, 4) is 5.75 Å². The maximum Gasteiger partial charge on any atom is 0.123 e. The molecule has 1 aromatic rings. The van der Waals surface area contributed by atoms with Gasteiger partial charge in [0.25, 0.3) is 0 Å². The molecule has 2 heteroatoms. The van der Waals surface area contributed by atoms with Crippen molar-refractivity contribution in [2.45, 2.75) is 31.8 Å². The van der Waals surface area contributed by atoms with Gasteiger partial charge in [0, 0.05) is 0 Å². The molecule has 92 valence electrons. The van der Waals surface area contributed by atoms with Gasteiger partial charge >= 0.3 is 0 Å². The molecule has 0 bridgehead atoms. The Kier molecular flexibility index (Phi) is 3.85. The van der Waals surface area contributed by atoms with Crippen LogP contribution in [-0.2, 0) is 11.2 Å². The van der Waals surface area contributed by atoms with Crippen molar-refractivity contribution in [3.05, 3.63) is 42.5 Å². The van der Waals surface area contributed by atoms with Gasteiger partial charge in [0.2, 0.25) is 0 Å². The molecule has 0 N–H and O–H groups in total. The predicted octanol–water partition coefficient (Wildman–Crippen LogP) is 3.36. The summed E-state index contributed by atoms with van der Waals surface area (Å²) < 4.78 is 11.2. The molecule has 2 nitrogen and oxygen atoms in total. The van der Waals surface area contributed by atoms with Gasteiger partial charge in [-0.15, -0.1) is 6.58 Å². The van der Waals surface area contributed by atoms with Crippen LogP contribution in [0.2, 0.25) is 0 Å². The van der Waals surface area contributed by atoms with Crippen molar-refractivity contribution in [1.29, 1.82) is 0 Å². The Labute approximate surface area is 103 Å². The third-order valence-electron chi connectivity index (χ3n) is 3.00. The van der Waals surface area contributed by atoms with Crippen LogP contribution in [0.1, 0.15) is 25.3 Å². The summed E-state index contributed by atoms with van der Waals surface area (Å²) in [4.78, 5) is 0. The Morgan fingerprint density at radius 2 is 2.24 bits per heavy atom. The number of unbranched alkanes of at least 4 members (excludes halogenated alkanes) is 1. The number of aryl methyl sites for hydroxylation is 1. The zero-order valence-corrected chi connectivity index (χ0v) is 10.4. The monoisotopic (exact) mass is 232 g/mol. The molecule has 1 heterocycles. The molecule has 17 heavy (non-hydrogen) atoms. The molecule has 1 aliphatic rings. The van der Waals surface area contributed by atoms with Crippen LogP contribution in [0.4, 0.5) is 0 Å². The van der Waals surface area contributed by atoms with Crippen LogP contribution in [0.5, 0.6) is 5.75 Å². The van der Waals surface area contributed by atoms with E-state index < -0.39 is 0 Å². The lowest BCUT2D eigenvalue weighted by Crippen LogP contribution is -2.17. The molecule has 1 unspecified atom stereocenters. The molecule has 0 aliphatic carbocycles. The molecule has 0 amide bonds. The normalized spacial score (nSPS) is 22.2. The van der Waals surface area contributed by atoms with Crippen molar-refractivity contribution < 1.29 is 9.47 Å². The minimum Gasteiger partial charge on any atom is -0.490 e. The Morgan fingerprint density at radius 1 is 1.47 bits per heavy atom. The first-order chi connectivity index (χ1) is 8.23. The summed E-state index contributed by atoms with van der Waals surface area (Å²) in [5.74, 6) is 0.994. The van der Waals surface area contributed by atoms with Crippen molar-refractivity contribution in [2.75, 3.05) is 13.2 Å². The third kappa shape index (κ3) is 3.60. The highest BCUT2D eigenvalue weighted by molar-refractivity contribution is 5.33. The van der Waals surface area contributed by atoms with Crippen LogP contribution >= 0.6 is 0 Å². The second-order valence-corrected chi connectivity index (χ2v) is 4.82. The number of allylic oxidation sites excluding steroid dienone is 1. The molecular weight excluding hydrogens is 212 g/mol. The molecular formula is C15H20O2. The number of benzene rings is 1. The lowest BCUT2D eigenvalue weighted by Gasteiger charge is -2.12. The topological polar surface area (TPSA) is 21.8 Å². The van der Waals surface area contributed by atoms with E-state index in [1.807, 2.05) is 18.2 Å². The van der Waals surface area contributed by atoms with E-state index in [4.69, 9.17) is 9.47 Å². The van der Waals surface area contributed by atoms with E-state index in [1.165, 1.54) is 5.56 Å². The second kappa shape index (κ2) is 5.37. The zero-order valence-electron chi connectivity index (χ0n) is 10.4. The van der Waals surface area contributed by atoms with E-state index in [9.17, 15) is 0 Å². The molecule has 1 aliphatic heterocycles. The van der Waals surface area contributed by atoms with Crippen molar-refractivity contribution in [3.63, 3.8) is 0 Å². The molecule has 1 atom stereocenters. The van der Waals surface area contributed by atoms with Gasteiger partial charge in [0.15, 0.2) is 0 Å². The number of epoxide rings is 1. The van der Waals surface area contributed by atoms with Crippen molar-refractivity contribution in [2.24, 2.45) is 0 Å². The summed E-state index contributed by atoms with van der Waals surface area (Å²) in [5, 5.41) is 0. The third-order valence-corrected chi connectivity index (χ3v) is 3.00. The number of rotatable bonds is 7. The van der Waals surface area contributed by atoms with Gasteiger partial charge in [-0.25, -0.2) is 0 Å². The Bertz CT molecular complexity index is 380. The quantitative estimate of drug-likeness (QED) is 0.408. The lowest BCUT2D eigenvalue weighted by molar-refractivity contribution is 0.201. The molecule has 0 aromatic heterocycles. The molecule has 0 spiro atoms. The van der Waals surface area contributed by atoms with E-state index >= 15 is 0 Å². The lowest BCUT2D eigenvalue weighted by atomic mass is 10.1. The Balaban J connectivity index is 1.92. The van der Waals surface area contributed by atoms with Crippen LogP contribution < -0.4 is 4.74 Å². The maximum atomic E-state index is 5.84. The molecule has 0 saturated carbocycles. The number of hydrogen-bond donors (Lipinski definition) is 0. The summed E-state index contributed by atoms with van der Waals surface area (Å²) in [6.45, 7) is 7.28. The molecule has 2 rings (SSSR count). The fourth-order valence-electron chi connectivity index (χ4n) is 1.72. The fraction of sp³-hybridized carbons (Fsp3) is 0.467.